The van der Waals surface area contributed by atoms with E-state index in [1.54, 1.807) is 12.1 Å². The van der Waals surface area contributed by atoms with E-state index in [-0.39, 0.29) is 18.8 Å². The Kier molecular flexibility index (Phi) is 5.98. The number of carbonyl (C=O) groups excluding carboxylic acids is 1. The molecule has 1 aromatic heterocycles. The summed E-state index contributed by atoms with van der Waals surface area (Å²) in [6.45, 7) is 0.109. The van der Waals surface area contributed by atoms with Crippen molar-refractivity contribution in [1.82, 2.24) is 10.3 Å². The monoisotopic (exact) mass is 388 g/mol. The Morgan fingerprint density at radius 2 is 2.04 bits per heavy atom. The van der Waals surface area contributed by atoms with E-state index >= 15 is 0 Å². The van der Waals surface area contributed by atoms with Gasteiger partial charge in [-0.3, -0.25) is 19.9 Å². The zero-order valence-electron chi connectivity index (χ0n) is 13.0. The number of amides is 1. The van der Waals surface area contributed by atoms with E-state index in [0.717, 1.165) is 6.07 Å². The van der Waals surface area contributed by atoms with Crippen LogP contribution in [0.5, 0.6) is 0 Å². The lowest BCUT2D eigenvalue weighted by molar-refractivity contribution is -0.384. The van der Waals surface area contributed by atoms with Crippen molar-refractivity contribution in [2.45, 2.75) is 6.18 Å². The van der Waals surface area contributed by atoms with Crippen LogP contribution in [0.25, 0.3) is 0 Å². The molecule has 0 aliphatic carbocycles. The number of nitro groups is 1. The highest BCUT2D eigenvalue weighted by Gasteiger charge is 2.36. The maximum Gasteiger partial charge on any atom is 0.418 e. The van der Waals surface area contributed by atoms with Gasteiger partial charge in [-0.15, -0.1) is 0 Å². The number of hydrogen-bond donors (Lipinski definition) is 2. The second-order valence-corrected chi connectivity index (χ2v) is 5.44. The van der Waals surface area contributed by atoms with E-state index in [4.69, 9.17) is 11.6 Å². The second kappa shape index (κ2) is 8.00. The highest BCUT2D eigenvalue weighted by atomic mass is 35.5. The van der Waals surface area contributed by atoms with Gasteiger partial charge in [0.1, 0.15) is 5.69 Å². The molecular weight excluding hydrogens is 377 g/mol. The Bertz CT molecular complexity index is 816. The number of alkyl halides is 3. The summed E-state index contributed by atoms with van der Waals surface area (Å²) in [5, 5.41) is 15.5. The van der Waals surface area contributed by atoms with Crippen LogP contribution in [0, 0.1) is 10.1 Å². The van der Waals surface area contributed by atoms with Crippen molar-refractivity contribution in [3.8, 4) is 0 Å². The highest BCUT2D eigenvalue weighted by molar-refractivity contribution is 6.31. The molecule has 7 nitrogen and oxygen atoms in total. The number of aromatic nitrogens is 1. The van der Waals surface area contributed by atoms with Gasteiger partial charge >= 0.3 is 6.18 Å². The van der Waals surface area contributed by atoms with Gasteiger partial charge in [-0.25, -0.2) is 0 Å². The third kappa shape index (κ3) is 4.82. The molecule has 1 aromatic carbocycles. The van der Waals surface area contributed by atoms with Crippen LogP contribution in [0.1, 0.15) is 15.9 Å². The van der Waals surface area contributed by atoms with Gasteiger partial charge in [-0.1, -0.05) is 11.6 Å². The summed E-state index contributed by atoms with van der Waals surface area (Å²) in [6.07, 6.45) is -1.94. The van der Waals surface area contributed by atoms with E-state index in [0.29, 0.717) is 11.6 Å². The van der Waals surface area contributed by atoms with Gasteiger partial charge in [0, 0.05) is 31.5 Å². The molecule has 11 heteroatoms. The topological polar surface area (TPSA) is 97.2 Å². The van der Waals surface area contributed by atoms with E-state index in [1.165, 1.54) is 12.4 Å². The summed E-state index contributed by atoms with van der Waals surface area (Å²) in [5.41, 5.74) is -1.90. The molecule has 0 aliphatic rings. The first kappa shape index (κ1) is 19.4. The molecule has 0 unspecified atom stereocenters. The fraction of sp³-hybridized carbons (Fsp3) is 0.200. The highest BCUT2D eigenvalue weighted by Crippen LogP contribution is 2.40. The average molecular weight is 389 g/mol. The SMILES string of the molecule is O=C(NCCNc1cc(Cl)c(C(F)(F)F)cc1[N+](=O)[O-])c1cccnc1. The predicted molar refractivity (Wildman–Crippen MR) is 88.2 cm³/mol. The van der Waals surface area contributed by atoms with Crippen LogP contribution in [0.3, 0.4) is 0 Å². The molecule has 0 spiro atoms. The third-order valence-electron chi connectivity index (χ3n) is 3.24. The van der Waals surface area contributed by atoms with Crippen molar-refractivity contribution < 1.29 is 22.9 Å². The number of pyridine rings is 1. The summed E-state index contributed by atoms with van der Waals surface area (Å²) < 4.78 is 38.4. The van der Waals surface area contributed by atoms with Gasteiger partial charge in [0.05, 0.1) is 21.1 Å². The van der Waals surface area contributed by atoms with E-state index < -0.39 is 33.3 Å². The number of hydrogen-bond acceptors (Lipinski definition) is 5. The van der Waals surface area contributed by atoms with Crippen LogP contribution in [0.15, 0.2) is 36.7 Å². The van der Waals surface area contributed by atoms with Gasteiger partial charge in [-0.05, 0) is 18.2 Å². The summed E-state index contributed by atoms with van der Waals surface area (Å²) in [4.78, 5) is 25.7. The zero-order valence-corrected chi connectivity index (χ0v) is 13.8. The Morgan fingerprint density at radius 1 is 1.31 bits per heavy atom. The fourth-order valence-corrected chi connectivity index (χ4v) is 2.31. The molecular formula is C15H12ClF3N4O3. The van der Waals surface area contributed by atoms with E-state index in [9.17, 15) is 28.1 Å². The molecule has 0 radical (unpaired) electrons. The standard InChI is InChI=1S/C15H12ClF3N4O3/c16-11-7-12(13(23(25)26)6-10(11)15(17,18)19)21-4-5-22-14(24)9-2-1-3-20-8-9/h1-3,6-8,21H,4-5H2,(H,22,24). The number of carbonyl (C=O) groups is 1. The Hall–Kier alpha value is -2.88. The van der Waals surface area contributed by atoms with E-state index in [1.807, 2.05) is 0 Å². The molecule has 2 N–H and O–H groups in total. The molecule has 1 heterocycles. The maximum atomic E-state index is 12.8. The molecule has 0 bridgehead atoms. The van der Waals surface area contributed by atoms with Gasteiger partial charge in [0.25, 0.3) is 11.6 Å². The lowest BCUT2D eigenvalue weighted by Crippen LogP contribution is -2.28. The van der Waals surface area contributed by atoms with Crippen LogP contribution in [0.2, 0.25) is 5.02 Å². The number of anilines is 1. The predicted octanol–water partition coefficient (Wildman–Crippen LogP) is 3.50. The second-order valence-electron chi connectivity index (χ2n) is 5.03. The number of benzene rings is 1. The Labute approximate surface area is 150 Å². The minimum atomic E-state index is -4.81. The first-order valence-corrected chi connectivity index (χ1v) is 7.55. The van der Waals surface area contributed by atoms with Crippen molar-refractivity contribution >= 4 is 28.9 Å². The number of rotatable bonds is 6. The normalized spacial score (nSPS) is 11.1. The number of nitro benzene ring substituents is 1. The van der Waals surface area contributed by atoms with Gasteiger partial charge in [0.2, 0.25) is 0 Å². The van der Waals surface area contributed by atoms with Crippen molar-refractivity contribution in [2.24, 2.45) is 0 Å². The molecule has 138 valence electrons. The maximum absolute atomic E-state index is 12.8. The molecule has 0 saturated carbocycles. The molecule has 0 aliphatic heterocycles. The molecule has 0 atom stereocenters. The molecule has 0 saturated heterocycles. The fourth-order valence-electron chi connectivity index (χ4n) is 2.04. The van der Waals surface area contributed by atoms with Crippen LogP contribution >= 0.6 is 11.6 Å². The lowest BCUT2D eigenvalue weighted by atomic mass is 10.1. The van der Waals surface area contributed by atoms with Crippen LogP contribution < -0.4 is 10.6 Å². The van der Waals surface area contributed by atoms with E-state index in [2.05, 4.69) is 15.6 Å². The third-order valence-corrected chi connectivity index (χ3v) is 3.55. The van der Waals surface area contributed by atoms with Crippen molar-refractivity contribution in [1.29, 1.82) is 0 Å². The molecule has 0 fully saturated rings. The van der Waals surface area contributed by atoms with Gasteiger partial charge < -0.3 is 10.6 Å². The quantitative estimate of drug-likeness (QED) is 0.448. The van der Waals surface area contributed by atoms with Gasteiger partial charge in [0.15, 0.2) is 0 Å². The molecule has 26 heavy (non-hydrogen) atoms. The van der Waals surface area contributed by atoms with Crippen molar-refractivity contribution in [2.75, 3.05) is 18.4 Å². The summed E-state index contributed by atoms with van der Waals surface area (Å²) in [6, 6.07) is 4.35. The largest absolute Gasteiger partial charge is 0.418 e. The van der Waals surface area contributed by atoms with Crippen LogP contribution in [-0.4, -0.2) is 28.9 Å². The first-order valence-electron chi connectivity index (χ1n) is 7.17. The summed E-state index contributed by atoms with van der Waals surface area (Å²) in [5.74, 6) is -0.403. The van der Waals surface area contributed by atoms with Crippen LogP contribution in [0.4, 0.5) is 24.5 Å². The average Bonchev–Trinajstić information content (AvgIpc) is 2.58. The summed E-state index contributed by atoms with van der Waals surface area (Å²) in [7, 11) is 0. The lowest BCUT2D eigenvalue weighted by Gasteiger charge is -2.13. The minimum absolute atomic E-state index is 0.0362. The number of halogens is 4. The first-order chi connectivity index (χ1) is 12.2. The summed E-state index contributed by atoms with van der Waals surface area (Å²) >= 11 is 5.57. The van der Waals surface area contributed by atoms with Gasteiger partial charge in [-0.2, -0.15) is 13.2 Å². The number of nitrogens with one attached hydrogen (secondary N) is 2. The molecule has 2 rings (SSSR count). The molecule has 1 amide bonds. The minimum Gasteiger partial charge on any atom is -0.378 e. The molecule has 2 aromatic rings. The Balaban J connectivity index is 2.04. The van der Waals surface area contributed by atoms with Crippen molar-refractivity contribution in [3.63, 3.8) is 0 Å². The smallest absolute Gasteiger partial charge is 0.378 e. The Morgan fingerprint density at radius 3 is 2.62 bits per heavy atom. The van der Waals surface area contributed by atoms with Crippen molar-refractivity contribution in [3.05, 3.63) is 62.9 Å². The van der Waals surface area contributed by atoms with Crippen LogP contribution in [-0.2, 0) is 6.18 Å². The number of nitrogens with zero attached hydrogens (tertiary/aromatic N) is 2. The zero-order chi connectivity index (χ0) is 19.3.